The molecule has 0 saturated carbocycles. The van der Waals surface area contributed by atoms with Gasteiger partial charge in [0.1, 0.15) is 0 Å². The summed E-state index contributed by atoms with van der Waals surface area (Å²) in [5, 5.41) is 4.08. The van der Waals surface area contributed by atoms with Crippen LogP contribution < -0.4 is 55.6 Å². The first-order valence-electron chi connectivity index (χ1n) is 2.09. The minimum atomic E-state index is -5.62. The van der Waals surface area contributed by atoms with Crippen molar-refractivity contribution in [3.8, 4) is 0 Å². The Labute approximate surface area is 112 Å². The summed E-state index contributed by atoms with van der Waals surface area (Å²) >= 11 is -3.91. The number of hydrogen-bond acceptors (Lipinski definition) is 5. The third-order valence-corrected chi connectivity index (χ3v) is 1.05. The number of hydrogen-bond donors (Lipinski definition) is 0. The SMILES string of the molecule is [K+].[O]=[Mn](=[O])(=[O])[O-].c1ccsc1. The summed E-state index contributed by atoms with van der Waals surface area (Å²) in [7, 11) is 0. The second-order valence-electron chi connectivity index (χ2n) is 1.17. The summed E-state index contributed by atoms with van der Waals surface area (Å²) in [5.74, 6) is 0. The maximum absolute atomic E-state index is 8.58. The van der Waals surface area contributed by atoms with Crippen molar-refractivity contribution >= 4 is 11.3 Å². The second kappa shape index (κ2) is 7.84. The van der Waals surface area contributed by atoms with Gasteiger partial charge < -0.3 is 0 Å². The minimum absolute atomic E-state index is 0. The summed E-state index contributed by atoms with van der Waals surface area (Å²) in [5.41, 5.74) is 0. The van der Waals surface area contributed by atoms with Gasteiger partial charge in [-0.05, 0) is 10.8 Å². The maximum atomic E-state index is 8.58. The Morgan fingerprint density at radius 2 is 1.36 bits per heavy atom. The number of rotatable bonds is 0. The molecule has 1 rings (SSSR count). The predicted octanol–water partition coefficient (Wildman–Crippen LogP) is -2.80. The molecule has 58 valence electrons. The Hall–Kier alpha value is 1.22. The van der Waals surface area contributed by atoms with Crippen molar-refractivity contribution in [1.29, 1.82) is 0 Å². The largest absolute Gasteiger partial charge is 0.152 e. The van der Waals surface area contributed by atoms with Gasteiger partial charge in [0.2, 0.25) is 0 Å². The average Bonchev–Trinajstić information content (AvgIpc) is 2.07. The molecule has 0 N–H and O–H groups in total. The van der Waals surface area contributed by atoms with Crippen LogP contribution in [0.4, 0.5) is 0 Å². The van der Waals surface area contributed by atoms with E-state index in [0.29, 0.717) is 0 Å². The molecule has 0 radical (unpaired) electrons. The van der Waals surface area contributed by atoms with Gasteiger partial charge in [0.15, 0.2) is 0 Å². The molecule has 0 amide bonds. The fourth-order valence-corrected chi connectivity index (χ4v) is 0.680. The Morgan fingerprint density at radius 3 is 1.45 bits per heavy atom. The van der Waals surface area contributed by atoms with Crippen LogP contribution in [-0.4, -0.2) is 0 Å². The molecule has 0 aromatic carbocycles. The normalized spacial score (nSPS) is 8.82. The Bertz CT molecular complexity index is 265. The zero-order valence-corrected chi connectivity index (χ0v) is 10.8. The van der Waals surface area contributed by atoms with Crippen LogP contribution in [0.25, 0.3) is 0 Å². The Kier molecular flexibility index (Phi) is 10.5. The quantitative estimate of drug-likeness (QED) is 0.461. The molecule has 0 spiro atoms. The molecule has 0 atom stereocenters. The van der Waals surface area contributed by atoms with Crippen molar-refractivity contribution in [2.24, 2.45) is 0 Å². The standard InChI is InChI=1S/C4H4S.K.Mn.4O/c1-2-4-5-3-1;;;;;;/h1-4H;;;;;;/q;+1;;;;;-1. The first-order chi connectivity index (χ1) is 4.50. The summed E-state index contributed by atoms with van der Waals surface area (Å²) in [6.45, 7) is 0. The van der Waals surface area contributed by atoms with E-state index in [-0.39, 0.29) is 51.4 Å². The van der Waals surface area contributed by atoms with Gasteiger partial charge in [-0.25, -0.2) is 0 Å². The first-order valence-corrected chi connectivity index (χ1v) is 4.96. The molecule has 0 aliphatic rings. The summed E-state index contributed by atoms with van der Waals surface area (Å²) in [6, 6.07) is 4.04. The molecule has 0 fully saturated rings. The van der Waals surface area contributed by atoms with Gasteiger partial charge >= 0.3 is 80.0 Å². The van der Waals surface area contributed by atoms with E-state index in [1.54, 1.807) is 11.3 Å². The molecular formula is C4H4KMnO4S. The van der Waals surface area contributed by atoms with Crippen molar-refractivity contribution < 1.29 is 80.0 Å². The van der Waals surface area contributed by atoms with E-state index < -0.39 is 13.0 Å². The van der Waals surface area contributed by atoms with Crippen molar-refractivity contribution in [1.82, 2.24) is 0 Å². The smallest absolute Gasteiger partial charge is 0.00934 e. The van der Waals surface area contributed by atoms with Crippen molar-refractivity contribution in [2.45, 2.75) is 0 Å². The average molecular weight is 242 g/mol. The van der Waals surface area contributed by atoms with Crippen LogP contribution in [0.2, 0.25) is 0 Å². The van der Waals surface area contributed by atoms with Crippen LogP contribution in [0.5, 0.6) is 0 Å². The van der Waals surface area contributed by atoms with E-state index in [4.69, 9.17) is 15.7 Å². The predicted molar refractivity (Wildman–Crippen MR) is 26.4 cm³/mol. The molecule has 1 aromatic rings. The third kappa shape index (κ3) is 24.7. The van der Waals surface area contributed by atoms with E-state index in [1.165, 1.54) is 0 Å². The van der Waals surface area contributed by atoms with Crippen LogP contribution in [-0.2, 0) is 24.5 Å². The van der Waals surface area contributed by atoms with Crippen molar-refractivity contribution in [3.63, 3.8) is 0 Å². The molecule has 0 saturated heterocycles. The van der Waals surface area contributed by atoms with E-state index in [0.717, 1.165) is 0 Å². The van der Waals surface area contributed by atoms with Crippen LogP contribution in [0, 0.1) is 0 Å². The van der Waals surface area contributed by atoms with Crippen LogP contribution in [0.15, 0.2) is 22.9 Å². The molecule has 0 bridgehead atoms. The fraction of sp³-hybridized carbons (Fsp3) is 0. The molecular weight excluding hydrogens is 238 g/mol. The minimum Gasteiger partial charge on any atom is -0.152 e. The van der Waals surface area contributed by atoms with E-state index in [2.05, 4.69) is 0 Å². The van der Waals surface area contributed by atoms with Crippen molar-refractivity contribution in [2.75, 3.05) is 0 Å². The monoisotopic (exact) mass is 242 g/mol. The van der Waals surface area contributed by atoms with Crippen LogP contribution in [0.3, 0.4) is 0 Å². The molecule has 1 heterocycles. The van der Waals surface area contributed by atoms with Gasteiger partial charge in [-0.15, -0.1) is 0 Å². The van der Waals surface area contributed by atoms with E-state index >= 15 is 0 Å². The molecule has 0 aliphatic heterocycles. The van der Waals surface area contributed by atoms with E-state index in [9.17, 15) is 0 Å². The topological polar surface area (TPSA) is 74.3 Å². The molecule has 0 aliphatic carbocycles. The molecule has 4 nitrogen and oxygen atoms in total. The van der Waals surface area contributed by atoms with Crippen LogP contribution in [0.1, 0.15) is 0 Å². The summed E-state index contributed by atoms with van der Waals surface area (Å²) in [6.07, 6.45) is 0. The fourth-order valence-electron chi connectivity index (χ4n) is 0.227. The van der Waals surface area contributed by atoms with Gasteiger partial charge in [0.25, 0.3) is 0 Å². The second-order valence-corrected chi connectivity index (χ2v) is 3.17. The van der Waals surface area contributed by atoms with Gasteiger partial charge in [0.05, 0.1) is 0 Å². The summed E-state index contributed by atoms with van der Waals surface area (Å²) in [4.78, 5) is 0. The van der Waals surface area contributed by atoms with Gasteiger partial charge in [-0.2, -0.15) is 11.3 Å². The van der Waals surface area contributed by atoms with Gasteiger partial charge in [-0.3, -0.25) is 0 Å². The Balaban J connectivity index is 0. The zero-order valence-electron chi connectivity index (χ0n) is 5.73. The Morgan fingerprint density at radius 1 is 1.09 bits per heavy atom. The van der Waals surface area contributed by atoms with Gasteiger partial charge in [0, 0.05) is 0 Å². The molecule has 1 aromatic heterocycles. The molecule has 7 heteroatoms. The zero-order chi connectivity index (χ0) is 8.04. The van der Waals surface area contributed by atoms with Crippen LogP contribution >= 0.6 is 11.3 Å². The first kappa shape index (κ1) is 14.7. The number of thiophene rings is 1. The summed E-state index contributed by atoms with van der Waals surface area (Å²) < 4.78 is 34.3. The maximum Gasteiger partial charge on any atom is -0.00934 e. The molecule has 11 heavy (non-hydrogen) atoms. The molecule has 0 unspecified atom stereocenters. The van der Waals surface area contributed by atoms with E-state index in [1.807, 2.05) is 22.9 Å². The third-order valence-electron chi connectivity index (χ3n) is 0.425. The van der Waals surface area contributed by atoms with Crippen molar-refractivity contribution in [3.05, 3.63) is 22.9 Å². The van der Waals surface area contributed by atoms with Gasteiger partial charge in [-0.1, -0.05) is 12.1 Å².